The van der Waals surface area contributed by atoms with Crippen LogP contribution in [0.5, 0.6) is 0 Å². The number of benzene rings is 1. The lowest BCUT2D eigenvalue weighted by atomic mass is 9.95. The number of rotatable bonds is 4. The number of oxazole rings is 1. The second-order valence-electron chi connectivity index (χ2n) is 5.44. The number of aromatic nitrogens is 1. The Balaban J connectivity index is 1.85. The van der Waals surface area contributed by atoms with E-state index < -0.39 is 4.92 Å². The fourth-order valence-electron chi connectivity index (χ4n) is 2.86. The molecule has 0 spiro atoms. The van der Waals surface area contributed by atoms with Crippen LogP contribution in [-0.2, 0) is 0 Å². The number of fused-ring (bicyclic) bond motifs is 1. The first kappa shape index (κ1) is 13.8. The molecule has 1 aliphatic heterocycles. The fraction of sp³-hybridized carbons (Fsp3) is 0.500. The highest BCUT2D eigenvalue weighted by atomic mass is 16.6. The summed E-state index contributed by atoms with van der Waals surface area (Å²) < 4.78 is 5.70. The van der Waals surface area contributed by atoms with Crippen molar-refractivity contribution in [2.45, 2.75) is 19.3 Å². The van der Waals surface area contributed by atoms with E-state index in [0.29, 0.717) is 29.6 Å². The van der Waals surface area contributed by atoms with E-state index >= 15 is 0 Å². The normalized spacial score (nSPS) is 19.1. The molecular weight excluding hydrogens is 272 g/mol. The molecule has 0 radical (unpaired) electrons. The van der Waals surface area contributed by atoms with Crippen molar-refractivity contribution < 1.29 is 9.34 Å². The molecule has 0 amide bonds. The minimum absolute atomic E-state index is 0.0184. The van der Waals surface area contributed by atoms with E-state index in [2.05, 4.69) is 9.88 Å². The van der Waals surface area contributed by atoms with Crippen molar-refractivity contribution in [3.63, 3.8) is 0 Å². The number of nitro benzene ring substituents is 1. The van der Waals surface area contributed by atoms with Gasteiger partial charge in [0.2, 0.25) is 0 Å². The third-order valence-electron chi connectivity index (χ3n) is 3.94. The number of hydrogen-bond donors (Lipinski definition) is 1. The molecule has 0 saturated carbocycles. The molecule has 1 unspecified atom stereocenters. The summed E-state index contributed by atoms with van der Waals surface area (Å²) in [5, 5.41) is 10.8. The first-order valence-electron chi connectivity index (χ1n) is 7.17. The Kier molecular flexibility index (Phi) is 3.74. The summed E-state index contributed by atoms with van der Waals surface area (Å²) in [6, 6.07) is 5.05. The summed E-state index contributed by atoms with van der Waals surface area (Å²) in [6.07, 6.45) is 3.27. The van der Waals surface area contributed by atoms with Crippen LogP contribution >= 0.6 is 0 Å². The summed E-state index contributed by atoms with van der Waals surface area (Å²) in [7, 11) is 0. The van der Waals surface area contributed by atoms with Gasteiger partial charge in [-0.15, -0.1) is 0 Å². The lowest BCUT2D eigenvalue weighted by Gasteiger charge is -2.31. The van der Waals surface area contributed by atoms with E-state index in [0.717, 1.165) is 25.9 Å². The van der Waals surface area contributed by atoms with Gasteiger partial charge in [0.05, 0.1) is 11.0 Å². The van der Waals surface area contributed by atoms with Gasteiger partial charge in [-0.1, -0.05) is 0 Å². The van der Waals surface area contributed by atoms with Gasteiger partial charge in [0.1, 0.15) is 5.52 Å². The van der Waals surface area contributed by atoms with Crippen LogP contribution < -0.4 is 10.6 Å². The van der Waals surface area contributed by atoms with Gasteiger partial charge in [0.25, 0.3) is 11.7 Å². The zero-order valence-electron chi connectivity index (χ0n) is 11.7. The van der Waals surface area contributed by atoms with Crippen LogP contribution in [0.4, 0.5) is 11.7 Å². The van der Waals surface area contributed by atoms with Crippen molar-refractivity contribution in [3.05, 3.63) is 28.3 Å². The summed E-state index contributed by atoms with van der Waals surface area (Å²) in [5.41, 5.74) is 6.75. The predicted molar refractivity (Wildman–Crippen MR) is 79.3 cm³/mol. The second kappa shape index (κ2) is 5.69. The van der Waals surface area contributed by atoms with Crippen LogP contribution in [-0.4, -0.2) is 29.5 Å². The molecule has 1 saturated heterocycles. The minimum atomic E-state index is -0.431. The second-order valence-corrected chi connectivity index (χ2v) is 5.44. The van der Waals surface area contributed by atoms with Gasteiger partial charge in [0, 0.05) is 19.2 Å². The molecule has 7 nitrogen and oxygen atoms in total. The van der Waals surface area contributed by atoms with Crippen molar-refractivity contribution in [1.29, 1.82) is 0 Å². The molecule has 2 N–H and O–H groups in total. The smallest absolute Gasteiger partial charge is 0.298 e. The number of nitrogens with two attached hydrogens (primary N) is 1. The molecule has 1 fully saturated rings. The van der Waals surface area contributed by atoms with Crippen molar-refractivity contribution in [3.8, 4) is 0 Å². The molecule has 2 aromatic rings. The average molecular weight is 290 g/mol. The molecule has 0 aliphatic carbocycles. The van der Waals surface area contributed by atoms with Crippen molar-refractivity contribution in [2.75, 3.05) is 24.5 Å². The maximum absolute atomic E-state index is 10.8. The van der Waals surface area contributed by atoms with Crippen molar-refractivity contribution in [1.82, 2.24) is 4.98 Å². The quantitative estimate of drug-likeness (QED) is 0.685. The average Bonchev–Trinajstić information content (AvgIpc) is 2.91. The van der Waals surface area contributed by atoms with Crippen molar-refractivity contribution in [2.24, 2.45) is 11.7 Å². The Morgan fingerprint density at radius 2 is 2.38 bits per heavy atom. The first-order valence-corrected chi connectivity index (χ1v) is 7.17. The molecule has 21 heavy (non-hydrogen) atoms. The van der Waals surface area contributed by atoms with E-state index in [1.165, 1.54) is 18.6 Å². The maximum Gasteiger partial charge on any atom is 0.298 e. The maximum atomic E-state index is 10.8. The standard InChI is InChI=1S/C14H18N4O3/c15-6-5-10-2-1-7-17(9-10)14-16-12-4-3-11(18(19)20)8-13(12)21-14/h3-4,8,10H,1-2,5-7,9,15H2. The number of hydrogen-bond acceptors (Lipinski definition) is 6. The van der Waals surface area contributed by atoms with Crippen LogP contribution in [0, 0.1) is 16.0 Å². The van der Waals surface area contributed by atoms with Crippen molar-refractivity contribution >= 4 is 22.8 Å². The Labute approximate surface area is 121 Å². The molecule has 3 rings (SSSR count). The Hall–Kier alpha value is -2.15. The van der Waals surface area contributed by atoms with Gasteiger partial charge < -0.3 is 15.1 Å². The molecule has 2 heterocycles. The third-order valence-corrected chi connectivity index (χ3v) is 3.94. The van der Waals surface area contributed by atoms with Gasteiger partial charge in [-0.25, -0.2) is 0 Å². The van der Waals surface area contributed by atoms with Crippen LogP contribution in [0.2, 0.25) is 0 Å². The van der Waals surface area contributed by atoms with Crippen LogP contribution in [0.1, 0.15) is 19.3 Å². The summed E-state index contributed by atoms with van der Waals surface area (Å²) in [6.45, 7) is 2.47. The molecule has 1 atom stereocenters. The highest BCUT2D eigenvalue weighted by Crippen LogP contribution is 2.29. The molecule has 1 aromatic carbocycles. The molecule has 0 bridgehead atoms. The molecular formula is C14H18N4O3. The Morgan fingerprint density at radius 1 is 1.52 bits per heavy atom. The fourth-order valence-corrected chi connectivity index (χ4v) is 2.86. The van der Waals surface area contributed by atoms with Crippen LogP contribution in [0.3, 0.4) is 0 Å². The Morgan fingerprint density at radius 3 is 3.14 bits per heavy atom. The van der Waals surface area contributed by atoms with E-state index in [1.807, 2.05) is 0 Å². The molecule has 1 aliphatic rings. The largest absolute Gasteiger partial charge is 0.423 e. The highest BCUT2D eigenvalue weighted by Gasteiger charge is 2.23. The summed E-state index contributed by atoms with van der Waals surface area (Å²) in [4.78, 5) is 16.9. The molecule has 7 heteroatoms. The number of anilines is 1. The first-order chi connectivity index (χ1) is 10.2. The van der Waals surface area contributed by atoms with E-state index in [-0.39, 0.29) is 5.69 Å². The topological polar surface area (TPSA) is 98.4 Å². The molecule has 1 aromatic heterocycles. The third kappa shape index (κ3) is 2.82. The SMILES string of the molecule is NCCC1CCCN(c2nc3ccc([N+](=O)[O-])cc3o2)C1. The van der Waals surface area contributed by atoms with Crippen LogP contribution in [0.15, 0.2) is 22.6 Å². The van der Waals surface area contributed by atoms with Gasteiger partial charge in [-0.05, 0) is 37.8 Å². The highest BCUT2D eigenvalue weighted by molar-refractivity contribution is 5.77. The van der Waals surface area contributed by atoms with Gasteiger partial charge in [-0.3, -0.25) is 10.1 Å². The predicted octanol–water partition coefficient (Wildman–Crippen LogP) is 2.30. The van der Waals surface area contributed by atoms with Gasteiger partial charge in [-0.2, -0.15) is 4.98 Å². The lowest BCUT2D eigenvalue weighted by molar-refractivity contribution is -0.384. The number of non-ortho nitro benzene ring substituents is 1. The number of nitrogens with zero attached hydrogens (tertiary/aromatic N) is 3. The van der Waals surface area contributed by atoms with E-state index in [1.54, 1.807) is 6.07 Å². The monoisotopic (exact) mass is 290 g/mol. The van der Waals surface area contributed by atoms with Crippen LogP contribution in [0.25, 0.3) is 11.1 Å². The van der Waals surface area contributed by atoms with E-state index in [9.17, 15) is 10.1 Å². The number of piperidine rings is 1. The summed E-state index contributed by atoms with van der Waals surface area (Å²) >= 11 is 0. The number of nitro groups is 1. The minimum Gasteiger partial charge on any atom is -0.423 e. The zero-order chi connectivity index (χ0) is 14.8. The van der Waals surface area contributed by atoms with E-state index in [4.69, 9.17) is 10.2 Å². The van der Waals surface area contributed by atoms with Gasteiger partial charge in [0.15, 0.2) is 5.58 Å². The van der Waals surface area contributed by atoms with Gasteiger partial charge >= 0.3 is 0 Å². The summed E-state index contributed by atoms with van der Waals surface area (Å²) in [5.74, 6) is 0.563. The lowest BCUT2D eigenvalue weighted by Crippen LogP contribution is -2.36. The molecule has 112 valence electrons. The Bertz CT molecular complexity index is 653. The zero-order valence-corrected chi connectivity index (χ0v) is 11.7.